The Bertz CT molecular complexity index is 1060. The Hall–Kier alpha value is -2.57. The number of aromatic nitrogens is 3. The first-order valence-electron chi connectivity index (χ1n) is 9.62. The molecule has 0 saturated carbocycles. The number of carbonyl (C=O) groups excluding carboxylic acids is 1. The van der Waals surface area contributed by atoms with Crippen molar-refractivity contribution in [3.8, 4) is 11.4 Å². The SMILES string of the molecule is C=CCn1c(SCC(=O)Nc2ccccc2C(C)(C)C)nnc1-c1ccccc1Cl. The van der Waals surface area contributed by atoms with E-state index in [-0.39, 0.29) is 17.1 Å². The van der Waals surface area contributed by atoms with Crippen molar-refractivity contribution in [2.24, 2.45) is 0 Å². The number of anilines is 1. The summed E-state index contributed by atoms with van der Waals surface area (Å²) < 4.78 is 1.91. The van der Waals surface area contributed by atoms with Gasteiger partial charge < -0.3 is 5.32 Å². The molecule has 0 radical (unpaired) electrons. The third kappa shape index (κ3) is 5.12. The largest absolute Gasteiger partial charge is 0.325 e. The maximum atomic E-state index is 12.6. The predicted molar refractivity (Wildman–Crippen MR) is 125 cm³/mol. The molecule has 0 unspecified atom stereocenters. The topological polar surface area (TPSA) is 59.8 Å². The van der Waals surface area contributed by atoms with E-state index in [1.807, 2.05) is 53.1 Å². The molecular formula is C23H25ClN4OS. The molecule has 156 valence electrons. The smallest absolute Gasteiger partial charge is 0.234 e. The van der Waals surface area contributed by atoms with Gasteiger partial charge in [-0.1, -0.05) is 80.5 Å². The summed E-state index contributed by atoms with van der Waals surface area (Å²) in [5, 5.41) is 12.9. The Morgan fingerprint density at radius 3 is 2.57 bits per heavy atom. The van der Waals surface area contributed by atoms with Gasteiger partial charge in [0.2, 0.25) is 5.91 Å². The Labute approximate surface area is 186 Å². The molecule has 1 amide bonds. The Kier molecular flexibility index (Phi) is 7.00. The van der Waals surface area contributed by atoms with Crippen molar-refractivity contribution in [3.63, 3.8) is 0 Å². The number of hydrogen-bond donors (Lipinski definition) is 1. The molecular weight excluding hydrogens is 416 g/mol. The molecule has 0 fully saturated rings. The molecule has 0 bridgehead atoms. The number of rotatable bonds is 7. The first kappa shape index (κ1) is 22.1. The summed E-state index contributed by atoms with van der Waals surface area (Å²) >= 11 is 7.67. The number of benzene rings is 2. The minimum atomic E-state index is -0.0934. The van der Waals surface area contributed by atoms with E-state index in [4.69, 9.17) is 11.6 Å². The van der Waals surface area contributed by atoms with E-state index >= 15 is 0 Å². The highest BCUT2D eigenvalue weighted by Crippen LogP contribution is 2.31. The summed E-state index contributed by atoms with van der Waals surface area (Å²) in [4.78, 5) is 12.6. The Morgan fingerprint density at radius 1 is 1.17 bits per heavy atom. The van der Waals surface area contributed by atoms with Crippen molar-refractivity contribution in [1.29, 1.82) is 0 Å². The van der Waals surface area contributed by atoms with Crippen molar-refractivity contribution >= 4 is 35.0 Å². The second-order valence-corrected chi connectivity index (χ2v) is 9.17. The van der Waals surface area contributed by atoms with Crippen LogP contribution in [0.5, 0.6) is 0 Å². The molecule has 5 nitrogen and oxygen atoms in total. The van der Waals surface area contributed by atoms with Crippen LogP contribution in [0.25, 0.3) is 11.4 Å². The van der Waals surface area contributed by atoms with E-state index in [9.17, 15) is 4.79 Å². The van der Waals surface area contributed by atoms with Gasteiger partial charge in [-0.2, -0.15) is 0 Å². The lowest BCUT2D eigenvalue weighted by Crippen LogP contribution is -2.20. The lowest BCUT2D eigenvalue weighted by atomic mass is 9.86. The van der Waals surface area contributed by atoms with E-state index in [1.165, 1.54) is 11.8 Å². The summed E-state index contributed by atoms with van der Waals surface area (Å²) in [6.07, 6.45) is 1.77. The Morgan fingerprint density at radius 2 is 1.87 bits per heavy atom. The lowest BCUT2D eigenvalue weighted by molar-refractivity contribution is -0.113. The first-order valence-corrected chi connectivity index (χ1v) is 11.0. The molecule has 0 aliphatic rings. The van der Waals surface area contributed by atoms with Gasteiger partial charge >= 0.3 is 0 Å². The number of hydrogen-bond acceptors (Lipinski definition) is 4. The van der Waals surface area contributed by atoms with E-state index in [0.29, 0.717) is 22.5 Å². The average Bonchev–Trinajstić information content (AvgIpc) is 3.09. The van der Waals surface area contributed by atoms with Crippen LogP contribution in [0.1, 0.15) is 26.3 Å². The van der Waals surface area contributed by atoms with Crippen LogP contribution < -0.4 is 5.32 Å². The third-order valence-electron chi connectivity index (χ3n) is 4.48. The number of thioether (sulfide) groups is 1. The molecule has 0 spiro atoms. The quantitative estimate of drug-likeness (QED) is 0.372. The summed E-state index contributed by atoms with van der Waals surface area (Å²) in [7, 11) is 0. The molecule has 1 heterocycles. The zero-order chi connectivity index (χ0) is 21.7. The van der Waals surface area contributed by atoms with E-state index < -0.39 is 0 Å². The first-order chi connectivity index (χ1) is 14.3. The number of nitrogens with zero attached hydrogens (tertiary/aromatic N) is 3. The minimum Gasteiger partial charge on any atom is -0.325 e. The average molecular weight is 441 g/mol. The predicted octanol–water partition coefficient (Wildman–Crippen LogP) is 5.81. The van der Waals surface area contributed by atoms with Gasteiger partial charge in [-0.25, -0.2) is 0 Å². The number of allylic oxidation sites excluding steroid dienone is 1. The third-order valence-corrected chi connectivity index (χ3v) is 5.78. The van der Waals surface area contributed by atoms with E-state index in [1.54, 1.807) is 6.08 Å². The molecule has 2 aromatic carbocycles. The monoisotopic (exact) mass is 440 g/mol. The summed E-state index contributed by atoms with van der Waals surface area (Å²) in [5.74, 6) is 0.779. The second-order valence-electron chi connectivity index (χ2n) is 7.82. The van der Waals surface area contributed by atoms with Gasteiger partial charge in [0.05, 0.1) is 10.8 Å². The van der Waals surface area contributed by atoms with Crippen molar-refractivity contribution in [2.75, 3.05) is 11.1 Å². The van der Waals surface area contributed by atoms with Gasteiger partial charge in [0.25, 0.3) is 0 Å². The van der Waals surface area contributed by atoms with Crippen LogP contribution in [-0.4, -0.2) is 26.4 Å². The van der Waals surface area contributed by atoms with Gasteiger partial charge in [0.15, 0.2) is 11.0 Å². The summed E-state index contributed by atoms with van der Waals surface area (Å²) in [5.41, 5.74) is 2.66. The van der Waals surface area contributed by atoms with Gasteiger partial charge in [-0.15, -0.1) is 16.8 Å². The molecule has 3 aromatic rings. The van der Waals surface area contributed by atoms with Crippen molar-refractivity contribution in [3.05, 3.63) is 71.8 Å². The fraction of sp³-hybridized carbons (Fsp3) is 0.261. The van der Waals surface area contributed by atoms with Crippen LogP contribution in [0.4, 0.5) is 5.69 Å². The highest BCUT2D eigenvalue weighted by atomic mass is 35.5. The second kappa shape index (κ2) is 9.49. The molecule has 0 saturated heterocycles. The fourth-order valence-corrected chi connectivity index (χ4v) is 4.06. The zero-order valence-electron chi connectivity index (χ0n) is 17.4. The summed E-state index contributed by atoms with van der Waals surface area (Å²) in [6.45, 7) is 10.7. The number of carbonyl (C=O) groups is 1. The molecule has 3 rings (SSSR count). The van der Waals surface area contributed by atoms with Crippen LogP contribution in [0.3, 0.4) is 0 Å². The van der Waals surface area contributed by atoms with Crippen LogP contribution in [0.2, 0.25) is 5.02 Å². The molecule has 30 heavy (non-hydrogen) atoms. The van der Waals surface area contributed by atoms with Gasteiger partial charge in [-0.3, -0.25) is 9.36 Å². The number of nitrogens with one attached hydrogen (secondary N) is 1. The van der Waals surface area contributed by atoms with Crippen LogP contribution in [0.15, 0.2) is 66.3 Å². The van der Waals surface area contributed by atoms with Gasteiger partial charge in [0, 0.05) is 17.8 Å². The number of amides is 1. The maximum absolute atomic E-state index is 12.6. The van der Waals surface area contributed by atoms with Crippen molar-refractivity contribution < 1.29 is 4.79 Å². The highest BCUT2D eigenvalue weighted by molar-refractivity contribution is 7.99. The number of halogens is 1. The fourth-order valence-electron chi connectivity index (χ4n) is 3.09. The standard InChI is InChI=1S/C23H25ClN4OS/c1-5-14-28-21(16-10-6-8-12-18(16)24)26-27-22(28)30-15-20(29)25-19-13-9-7-11-17(19)23(2,3)4/h5-13H,1,14-15H2,2-4H3,(H,25,29). The Balaban J connectivity index is 1.76. The van der Waals surface area contributed by atoms with Gasteiger partial charge in [-0.05, 0) is 29.2 Å². The normalized spacial score (nSPS) is 11.3. The molecule has 0 atom stereocenters. The molecule has 7 heteroatoms. The van der Waals surface area contributed by atoms with E-state index in [2.05, 4.69) is 42.9 Å². The highest BCUT2D eigenvalue weighted by Gasteiger charge is 2.20. The number of para-hydroxylation sites is 1. The van der Waals surface area contributed by atoms with Crippen LogP contribution in [0, 0.1) is 0 Å². The minimum absolute atomic E-state index is 0.0645. The molecule has 1 aromatic heterocycles. The van der Waals surface area contributed by atoms with Crippen molar-refractivity contribution in [2.45, 2.75) is 37.9 Å². The lowest BCUT2D eigenvalue weighted by Gasteiger charge is -2.22. The molecule has 1 N–H and O–H groups in total. The maximum Gasteiger partial charge on any atom is 0.234 e. The molecule has 0 aliphatic carbocycles. The van der Waals surface area contributed by atoms with E-state index in [0.717, 1.165) is 16.8 Å². The van der Waals surface area contributed by atoms with Crippen LogP contribution >= 0.6 is 23.4 Å². The summed E-state index contributed by atoms with van der Waals surface area (Å²) in [6, 6.07) is 15.4. The van der Waals surface area contributed by atoms with Gasteiger partial charge in [0.1, 0.15) is 0 Å². The molecule has 0 aliphatic heterocycles. The zero-order valence-corrected chi connectivity index (χ0v) is 18.9. The van der Waals surface area contributed by atoms with Crippen LogP contribution in [-0.2, 0) is 16.8 Å². The van der Waals surface area contributed by atoms with Crippen molar-refractivity contribution in [1.82, 2.24) is 14.8 Å².